The molecule has 1 aliphatic rings. The highest BCUT2D eigenvalue weighted by molar-refractivity contribution is 9.10. The van der Waals surface area contributed by atoms with E-state index in [9.17, 15) is 14.7 Å². The molecule has 0 saturated heterocycles. The molecule has 1 heterocycles. The molecule has 2 aromatic carbocycles. The number of amides is 1. The number of nitrogens with one attached hydrogen (secondary N) is 1. The van der Waals surface area contributed by atoms with E-state index >= 15 is 0 Å². The van der Waals surface area contributed by atoms with Gasteiger partial charge in [-0.2, -0.15) is 0 Å². The Hall–Kier alpha value is -1.98. The minimum absolute atomic E-state index is 0.184. The minimum atomic E-state index is -1.80. The van der Waals surface area contributed by atoms with Crippen molar-refractivity contribution in [3.63, 3.8) is 0 Å². The van der Waals surface area contributed by atoms with E-state index in [1.165, 1.54) is 0 Å². The van der Waals surface area contributed by atoms with E-state index in [0.29, 0.717) is 11.3 Å². The molecule has 0 aliphatic carbocycles. The third-order valence-corrected chi connectivity index (χ3v) is 4.24. The van der Waals surface area contributed by atoms with E-state index in [2.05, 4.69) is 21.2 Å². The van der Waals surface area contributed by atoms with Crippen molar-refractivity contribution < 1.29 is 14.7 Å². The number of benzene rings is 2. The van der Waals surface area contributed by atoms with E-state index in [-0.39, 0.29) is 18.6 Å². The second-order valence-corrected chi connectivity index (χ2v) is 6.30. The number of ketones is 1. The summed E-state index contributed by atoms with van der Waals surface area (Å²) in [5.41, 5.74) is 0.0470. The molecule has 112 valence electrons. The lowest BCUT2D eigenvalue weighted by atomic mass is 9.88. The largest absolute Gasteiger partial charge is 0.375 e. The molecule has 1 amide bonds. The third kappa shape index (κ3) is 2.69. The monoisotopic (exact) mass is 359 g/mol. The van der Waals surface area contributed by atoms with Gasteiger partial charge in [0, 0.05) is 28.6 Å². The van der Waals surface area contributed by atoms with E-state index in [1.54, 1.807) is 18.2 Å². The van der Waals surface area contributed by atoms with Crippen LogP contribution >= 0.6 is 15.9 Å². The summed E-state index contributed by atoms with van der Waals surface area (Å²) in [4.78, 5) is 24.4. The van der Waals surface area contributed by atoms with Gasteiger partial charge in [-0.1, -0.05) is 46.3 Å². The zero-order valence-corrected chi connectivity index (χ0v) is 13.3. The fraction of sp³-hybridized carbons (Fsp3) is 0.176. The molecule has 3 rings (SSSR count). The van der Waals surface area contributed by atoms with Gasteiger partial charge in [-0.15, -0.1) is 0 Å². The summed E-state index contributed by atoms with van der Waals surface area (Å²) in [6, 6.07) is 14.4. The molecule has 5 heteroatoms. The van der Waals surface area contributed by atoms with Crippen molar-refractivity contribution in [1.82, 2.24) is 0 Å². The Labute approximate surface area is 136 Å². The summed E-state index contributed by atoms with van der Waals surface area (Å²) in [5.74, 6) is -0.737. The fourth-order valence-corrected chi connectivity index (χ4v) is 3.02. The summed E-state index contributed by atoms with van der Waals surface area (Å²) < 4.78 is 0.747. The van der Waals surface area contributed by atoms with E-state index < -0.39 is 11.5 Å². The maximum Gasteiger partial charge on any atom is 0.261 e. The summed E-state index contributed by atoms with van der Waals surface area (Å²) in [5, 5.41) is 13.4. The quantitative estimate of drug-likeness (QED) is 0.881. The standard InChI is InChI=1S/C17H14BrNO3/c18-12-6-7-15-14(9-12)17(22,16(21)19-15)10-13(20)8-11-4-2-1-3-5-11/h1-7,9,22H,8,10H2,(H,19,21)/t17-/m0/s1. The van der Waals surface area contributed by atoms with Crippen LogP contribution in [0, 0.1) is 0 Å². The summed E-state index contributed by atoms with van der Waals surface area (Å²) in [6.45, 7) is 0. The maximum atomic E-state index is 12.3. The molecule has 1 atom stereocenters. The van der Waals surface area contributed by atoms with Gasteiger partial charge in [-0.25, -0.2) is 0 Å². The summed E-state index contributed by atoms with van der Waals surface area (Å²) in [6.07, 6.45) is -0.0447. The molecule has 0 bridgehead atoms. The lowest BCUT2D eigenvalue weighted by Gasteiger charge is -2.20. The highest BCUT2D eigenvalue weighted by atomic mass is 79.9. The normalized spacial score (nSPS) is 19.6. The van der Waals surface area contributed by atoms with Crippen LogP contribution in [0.25, 0.3) is 0 Å². The van der Waals surface area contributed by atoms with Gasteiger partial charge >= 0.3 is 0 Å². The van der Waals surface area contributed by atoms with Crippen LogP contribution in [0.3, 0.4) is 0 Å². The molecule has 22 heavy (non-hydrogen) atoms. The molecule has 1 aliphatic heterocycles. The van der Waals surface area contributed by atoms with Gasteiger partial charge in [0.25, 0.3) is 5.91 Å². The first-order chi connectivity index (χ1) is 10.5. The zero-order chi connectivity index (χ0) is 15.7. The minimum Gasteiger partial charge on any atom is -0.375 e. The van der Waals surface area contributed by atoms with E-state index in [4.69, 9.17) is 0 Å². The fourth-order valence-electron chi connectivity index (χ4n) is 2.66. The highest BCUT2D eigenvalue weighted by Gasteiger charge is 2.46. The van der Waals surface area contributed by atoms with Gasteiger partial charge < -0.3 is 10.4 Å². The van der Waals surface area contributed by atoms with Crippen molar-refractivity contribution in [3.8, 4) is 0 Å². The highest BCUT2D eigenvalue weighted by Crippen LogP contribution is 2.40. The first-order valence-corrected chi connectivity index (χ1v) is 7.68. The summed E-state index contributed by atoms with van der Waals surface area (Å²) >= 11 is 3.32. The number of halogens is 1. The van der Waals surface area contributed by atoms with Gasteiger partial charge in [0.15, 0.2) is 5.60 Å². The average Bonchev–Trinajstić information content (AvgIpc) is 2.72. The van der Waals surface area contributed by atoms with Crippen molar-refractivity contribution in [2.75, 3.05) is 5.32 Å². The van der Waals surface area contributed by atoms with Crippen LogP contribution in [0.1, 0.15) is 17.5 Å². The second kappa shape index (κ2) is 5.66. The second-order valence-electron chi connectivity index (χ2n) is 5.38. The molecule has 0 fully saturated rings. The Balaban J connectivity index is 1.84. The van der Waals surface area contributed by atoms with Crippen LogP contribution < -0.4 is 5.32 Å². The lowest BCUT2D eigenvalue weighted by Crippen LogP contribution is -2.36. The number of carbonyl (C=O) groups excluding carboxylic acids is 2. The number of aliphatic hydroxyl groups is 1. The summed E-state index contributed by atoms with van der Waals surface area (Å²) in [7, 11) is 0. The van der Waals surface area contributed by atoms with Crippen molar-refractivity contribution in [2.45, 2.75) is 18.4 Å². The SMILES string of the molecule is O=C(Cc1ccccc1)C[C@@]1(O)C(=O)Nc2ccc(Br)cc21. The molecular formula is C17H14BrNO3. The number of hydrogen-bond donors (Lipinski definition) is 2. The Morgan fingerprint density at radius 3 is 2.64 bits per heavy atom. The predicted octanol–water partition coefficient (Wildman–Crippen LogP) is 2.79. The van der Waals surface area contributed by atoms with Crippen LogP contribution in [0.2, 0.25) is 0 Å². The Morgan fingerprint density at radius 2 is 1.91 bits per heavy atom. The van der Waals surface area contributed by atoms with Crippen LogP contribution in [-0.4, -0.2) is 16.8 Å². The Kier molecular flexibility index (Phi) is 3.85. The number of fused-ring (bicyclic) bond motifs is 1. The molecule has 0 saturated carbocycles. The van der Waals surface area contributed by atoms with Crippen LogP contribution in [0.5, 0.6) is 0 Å². The van der Waals surface area contributed by atoms with Gasteiger partial charge in [-0.05, 0) is 23.8 Å². The smallest absolute Gasteiger partial charge is 0.261 e. The maximum absolute atomic E-state index is 12.3. The van der Waals surface area contributed by atoms with Gasteiger partial charge in [0.2, 0.25) is 0 Å². The van der Waals surface area contributed by atoms with Crippen LogP contribution in [0.4, 0.5) is 5.69 Å². The molecule has 2 aromatic rings. The first kappa shape index (κ1) is 14.9. The molecule has 0 aromatic heterocycles. The Morgan fingerprint density at radius 1 is 1.18 bits per heavy atom. The molecule has 0 spiro atoms. The molecule has 0 radical (unpaired) electrons. The average molecular weight is 360 g/mol. The molecule has 0 unspecified atom stereocenters. The van der Waals surface area contributed by atoms with Crippen LogP contribution in [0.15, 0.2) is 53.0 Å². The Bertz CT molecular complexity index is 745. The van der Waals surface area contributed by atoms with Crippen molar-refractivity contribution in [1.29, 1.82) is 0 Å². The van der Waals surface area contributed by atoms with Gasteiger partial charge in [0.05, 0.1) is 0 Å². The van der Waals surface area contributed by atoms with Crippen LogP contribution in [-0.2, 0) is 21.6 Å². The number of hydrogen-bond acceptors (Lipinski definition) is 3. The van der Waals surface area contributed by atoms with Crippen molar-refractivity contribution >= 4 is 33.3 Å². The van der Waals surface area contributed by atoms with E-state index in [0.717, 1.165) is 10.0 Å². The van der Waals surface area contributed by atoms with Crippen molar-refractivity contribution in [2.24, 2.45) is 0 Å². The number of anilines is 1. The topological polar surface area (TPSA) is 66.4 Å². The lowest BCUT2D eigenvalue weighted by molar-refractivity contribution is -0.139. The molecule has 4 nitrogen and oxygen atoms in total. The van der Waals surface area contributed by atoms with Crippen molar-refractivity contribution in [3.05, 3.63) is 64.1 Å². The first-order valence-electron chi connectivity index (χ1n) is 6.88. The van der Waals surface area contributed by atoms with E-state index in [1.807, 2.05) is 30.3 Å². The number of rotatable bonds is 4. The van der Waals surface area contributed by atoms with Gasteiger partial charge in [-0.3, -0.25) is 9.59 Å². The number of Topliss-reactive ketones (excluding diaryl/α,β-unsaturated/α-hetero) is 1. The third-order valence-electron chi connectivity index (χ3n) is 3.75. The zero-order valence-electron chi connectivity index (χ0n) is 11.7. The van der Waals surface area contributed by atoms with Gasteiger partial charge in [0.1, 0.15) is 5.78 Å². The predicted molar refractivity (Wildman–Crippen MR) is 86.4 cm³/mol. The molecular weight excluding hydrogens is 346 g/mol. The number of carbonyl (C=O) groups is 2. The molecule has 2 N–H and O–H groups in total.